The molecule has 0 aliphatic rings. The Kier molecular flexibility index (Phi) is 80.4. The quantitative estimate of drug-likeness (QED) is 0.0195. The van der Waals surface area contributed by atoms with Gasteiger partial charge < -0.3 is 33.3 Å². The zero-order valence-electron chi connectivity index (χ0n) is 68.8. The molecule has 0 aromatic rings. The number of carboxylic acid groups (broad SMARTS) is 1. The average molecular weight is 1460 g/mol. The Labute approximate surface area is 648 Å². The summed E-state index contributed by atoms with van der Waals surface area (Å²) in [6.45, 7) is 4.55. The highest BCUT2D eigenvalue weighted by atomic mass is 16.7. The standard InChI is InChI=1S/C96H163NO8/c1-6-8-10-12-14-16-18-20-22-24-26-28-30-32-34-36-38-40-42-44-46-47-49-51-53-55-57-59-61-63-65-67-69-71-73-75-77-79-81-83-85-87-94(99)105-92(91-104-96(95(100)101)102-89-88-97(3,4)5)90-103-93(98)86-84-82-80-78-76-74-72-70-68-66-64-62-60-58-56-54-52-50-48-45-43-41-39-37-35-33-31-29-27-25-23-21-19-17-15-13-11-9-7-2/h8-11,14-17,20-23,26-29,32,34,38,40,44,46,49,51,55,57,92,96H,6-7,12-13,18-19,24-25,30-31,33,35-37,39,41-43,45,47-48,50,52-54,56,58-91H2,1-5H3/b10-8-,11-9-,16-14-,17-15-,22-20-,23-21-,28-26-,29-27-,34-32-,40-38-,46-44-,51-49-,57-55-. The molecule has 0 heterocycles. The molecule has 0 aliphatic carbocycles. The minimum Gasteiger partial charge on any atom is -0.545 e. The van der Waals surface area contributed by atoms with Crippen LogP contribution in [0.15, 0.2) is 158 Å². The zero-order chi connectivity index (χ0) is 76.0. The largest absolute Gasteiger partial charge is 0.545 e. The first kappa shape index (κ1) is 99.9. The molecule has 0 aromatic heterocycles. The molecule has 0 rings (SSSR count). The van der Waals surface area contributed by atoms with E-state index in [0.717, 1.165) is 122 Å². The fourth-order valence-electron chi connectivity index (χ4n) is 12.2. The molecule has 0 saturated carbocycles. The van der Waals surface area contributed by atoms with Crippen molar-refractivity contribution < 1.29 is 42.9 Å². The molecule has 105 heavy (non-hydrogen) atoms. The number of carboxylic acids is 1. The molecule has 0 N–H and O–H groups in total. The Morgan fingerprint density at radius 2 is 0.514 bits per heavy atom. The number of nitrogens with zero attached hydrogens (tertiary/aromatic N) is 1. The van der Waals surface area contributed by atoms with Gasteiger partial charge in [0.05, 0.1) is 40.3 Å². The van der Waals surface area contributed by atoms with Crippen molar-refractivity contribution in [1.29, 1.82) is 0 Å². The second-order valence-corrected chi connectivity index (χ2v) is 30.1. The third-order valence-electron chi connectivity index (χ3n) is 18.8. The second kappa shape index (κ2) is 84.5. The van der Waals surface area contributed by atoms with Gasteiger partial charge in [0.2, 0.25) is 0 Å². The average Bonchev–Trinajstić information content (AvgIpc) is 1.18. The van der Waals surface area contributed by atoms with E-state index in [-0.39, 0.29) is 32.2 Å². The maximum Gasteiger partial charge on any atom is 0.306 e. The van der Waals surface area contributed by atoms with E-state index in [9.17, 15) is 19.5 Å². The molecule has 0 radical (unpaired) electrons. The molecule has 0 aromatic carbocycles. The van der Waals surface area contributed by atoms with Crippen molar-refractivity contribution in [2.75, 3.05) is 47.5 Å². The summed E-state index contributed by atoms with van der Waals surface area (Å²) in [6.07, 6.45) is 122. The lowest BCUT2D eigenvalue weighted by molar-refractivity contribution is -0.870. The number of ether oxygens (including phenoxy) is 4. The van der Waals surface area contributed by atoms with Crippen LogP contribution in [0.3, 0.4) is 0 Å². The molecule has 2 atom stereocenters. The molecule has 0 amide bonds. The summed E-state index contributed by atoms with van der Waals surface area (Å²) in [4.78, 5) is 37.7. The summed E-state index contributed by atoms with van der Waals surface area (Å²) in [5, 5.41) is 11.9. The normalized spacial score (nSPS) is 13.4. The zero-order valence-corrected chi connectivity index (χ0v) is 68.8. The van der Waals surface area contributed by atoms with Crippen molar-refractivity contribution >= 4 is 17.9 Å². The summed E-state index contributed by atoms with van der Waals surface area (Å²) in [5.41, 5.74) is 0. The van der Waals surface area contributed by atoms with Crippen LogP contribution in [0, 0.1) is 0 Å². The van der Waals surface area contributed by atoms with Gasteiger partial charge in [-0.15, -0.1) is 0 Å². The SMILES string of the molecule is CC/C=C\C/C=C\C/C=C\C/C=C\C/C=C\C/C=C\C/C=C\C/C=C\C/C=C\CCCCCCCCCCCCCCCC(=O)OC(COC(=O)CCCCCCCCCCCCCCCCCCCCCCCCCCCC/C=C\C/C=C\C/C=C\C/C=C\CC)COC(OCC[N+](C)(C)C)C(=O)[O-]. The van der Waals surface area contributed by atoms with E-state index in [2.05, 4.69) is 172 Å². The molecule has 0 saturated heterocycles. The van der Waals surface area contributed by atoms with E-state index in [1.165, 1.54) is 218 Å². The Morgan fingerprint density at radius 3 is 0.762 bits per heavy atom. The molecule has 0 aliphatic heterocycles. The van der Waals surface area contributed by atoms with Crippen molar-refractivity contribution in [2.45, 2.75) is 386 Å². The number of quaternary nitrogens is 1. The van der Waals surface area contributed by atoms with E-state index >= 15 is 0 Å². The maximum atomic E-state index is 13.0. The van der Waals surface area contributed by atoms with E-state index in [0.29, 0.717) is 23.9 Å². The van der Waals surface area contributed by atoms with Crippen LogP contribution in [0.25, 0.3) is 0 Å². The van der Waals surface area contributed by atoms with Gasteiger partial charge in [0, 0.05) is 12.8 Å². The van der Waals surface area contributed by atoms with Crippen molar-refractivity contribution in [3.63, 3.8) is 0 Å². The third-order valence-corrected chi connectivity index (χ3v) is 18.8. The number of carbonyl (C=O) groups excluding carboxylic acids is 3. The maximum absolute atomic E-state index is 13.0. The van der Waals surface area contributed by atoms with E-state index in [1.807, 2.05) is 21.1 Å². The smallest absolute Gasteiger partial charge is 0.306 e. The number of carbonyl (C=O) groups is 3. The first-order valence-electron chi connectivity index (χ1n) is 43.6. The molecule has 9 heteroatoms. The van der Waals surface area contributed by atoms with Crippen molar-refractivity contribution in [3.05, 3.63) is 158 Å². The van der Waals surface area contributed by atoms with Crippen molar-refractivity contribution in [1.82, 2.24) is 0 Å². The van der Waals surface area contributed by atoms with Gasteiger partial charge >= 0.3 is 11.9 Å². The Hall–Kier alpha value is -5.09. The van der Waals surface area contributed by atoms with Crippen LogP contribution in [0.2, 0.25) is 0 Å². The van der Waals surface area contributed by atoms with Gasteiger partial charge in [-0.2, -0.15) is 0 Å². The summed E-state index contributed by atoms with van der Waals surface area (Å²) in [6, 6.07) is 0. The predicted molar refractivity (Wildman–Crippen MR) is 453 cm³/mol. The number of esters is 2. The highest BCUT2D eigenvalue weighted by Crippen LogP contribution is 2.19. The number of rotatable bonds is 80. The molecule has 9 nitrogen and oxygen atoms in total. The third kappa shape index (κ3) is 86.0. The number of hydrogen-bond acceptors (Lipinski definition) is 8. The minimum atomic E-state index is -1.63. The molecular weight excluding hydrogens is 1300 g/mol. The highest BCUT2D eigenvalue weighted by molar-refractivity contribution is 5.70. The minimum absolute atomic E-state index is 0.144. The van der Waals surface area contributed by atoms with Crippen LogP contribution in [0.1, 0.15) is 373 Å². The lowest BCUT2D eigenvalue weighted by Crippen LogP contribution is -2.44. The number of unbranched alkanes of at least 4 members (excludes halogenated alkanes) is 39. The van der Waals surface area contributed by atoms with Gasteiger partial charge in [-0.25, -0.2) is 0 Å². The summed E-state index contributed by atoms with van der Waals surface area (Å²) < 4.78 is 22.9. The Morgan fingerprint density at radius 1 is 0.286 bits per heavy atom. The first-order valence-corrected chi connectivity index (χ1v) is 43.6. The summed E-state index contributed by atoms with van der Waals surface area (Å²) >= 11 is 0. The monoisotopic (exact) mass is 1460 g/mol. The molecule has 0 spiro atoms. The molecule has 0 bridgehead atoms. The number of aliphatic carboxylic acids is 1. The van der Waals surface area contributed by atoms with E-state index in [4.69, 9.17) is 18.9 Å². The Balaban J connectivity index is 3.99. The van der Waals surface area contributed by atoms with Gasteiger partial charge in [0.25, 0.3) is 0 Å². The molecule has 600 valence electrons. The second-order valence-electron chi connectivity index (χ2n) is 30.1. The highest BCUT2D eigenvalue weighted by Gasteiger charge is 2.22. The van der Waals surface area contributed by atoms with Crippen LogP contribution in [0.4, 0.5) is 0 Å². The van der Waals surface area contributed by atoms with E-state index in [1.54, 1.807) is 0 Å². The fourth-order valence-corrected chi connectivity index (χ4v) is 12.2. The van der Waals surface area contributed by atoms with Gasteiger partial charge in [0.15, 0.2) is 12.4 Å². The molecule has 2 unspecified atom stereocenters. The van der Waals surface area contributed by atoms with E-state index < -0.39 is 24.3 Å². The van der Waals surface area contributed by atoms with Crippen LogP contribution in [-0.2, 0) is 33.3 Å². The first-order chi connectivity index (χ1) is 51.6. The lowest BCUT2D eigenvalue weighted by Gasteiger charge is -2.26. The van der Waals surface area contributed by atoms with Crippen LogP contribution in [0.5, 0.6) is 0 Å². The van der Waals surface area contributed by atoms with Gasteiger partial charge in [-0.3, -0.25) is 9.59 Å². The fraction of sp³-hybridized carbons (Fsp3) is 0.698. The predicted octanol–water partition coefficient (Wildman–Crippen LogP) is 27.4. The summed E-state index contributed by atoms with van der Waals surface area (Å²) in [5.74, 6) is -2.27. The van der Waals surface area contributed by atoms with Crippen LogP contribution < -0.4 is 5.11 Å². The lowest BCUT2D eigenvalue weighted by atomic mass is 10.0. The topological polar surface area (TPSA) is 111 Å². The van der Waals surface area contributed by atoms with Gasteiger partial charge in [0.1, 0.15) is 13.2 Å². The van der Waals surface area contributed by atoms with Gasteiger partial charge in [-0.05, 0) is 122 Å². The summed E-state index contributed by atoms with van der Waals surface area (Å²) in [7, 11) is 5.94. The molecule has 0 fully saturated rings. The number of likely N-dealkylation sites (N-methyl/N-ethyl adjacent to an activating group) is 1. The Bertz CT molecular complexity index is 2300. The van der Waals surface area contributed by atoms with Crippen molar-refractivity contribution in [2.24, 2.45) is 0 Å². The molecular formula is C96H163NO8. The van der Waals surface area contributed by atoms with Crippen LogP contribution >= 0.6 is 0 Å². The van der Waals surface area contributed by atoms with Crippen molar-refractivity contribution in [3.8, 4) is 0 Å². The van der Waals surface area contributed by atoms with Gasteiger partial charge in [-0.1, -0.05) is 397 Å². The van der Waals surface area contributed by atoms with Crippen LogP contribution in [-0.4, -0.2) is 82.3 Å². The number of hydrogen-bond donors (Lipinski definition) is 0. The number of allylic oxidation sites excluding steroid dienone is 26.